The Hall–Kier alpha value is -2.09. The number of hydrogen-bond acceptors (Lipinski definition) is 2. The summed E-state index contributed by atoms with van der Waals surface area (Å²) in [6.07, 6.45) is 0. The Morgan fingerprint density at radius 3 is 2.62 bits per heavy atom. The lowest BCUT2D eigenvalue weighted by Crippen LogP contribution is -1.81. The predicted octanol–water partition coefficient (Wildman–Crippen LogP) is 3.80. The molecule has 3 aromatic rings. The second kappa shape index (κ2) is 3.49. The summed E-state index contributed by atoms with van der Waals surface area (Å²) in [5.41, 5.74) is 2.76. The fraction of sp³-hybridized carbons (Fsp3) is 0.0714. The molecule has 0 aliphatic rings. The summed E-state index contributed by atoms with van der Waals surface area (Å²) in [7, 11) is 0. The number of nitrogens with zero attached hydrogens (tertiary/aromatic N) is 1. The molecule has 0 N–H and O–H groups in total. The van der Waals surface area contributed by atoms with Crippen molar-refractivity contribution in [2.75, 3.05) is 0 Å². The van der Waals surface area contributed by atoms with E-state index in [1.807, 2.05) is 55.5 Å². The summed E-state index contributed by atoms with van der Waals surface area (Å²) < 4.78 is 5.52. The number of aryl methyl sites for hydroxylation is 1. The summed E-state index contributed by atoms with van der Waals surface area (Å²) in [6, 6.07) is 16.2. The molecule has 2 heteroatoms. The first kappa shape index (κ1) is 9.16. The number of fused-ring (bicyclic) bond motifs is 1. The summed E-state index contributed by atoms with van der Waals surface area (Å²) in [6.45, 7) is 1.93. The van der Waals surface area contributed by atoms with Crippen LogP contribution in [0.5, 0.6) is 0 Å². The van der Waals surface area contributed by atoms with Crippen molar-refractivity contribution in [3.63, 3.8) is 0 Å². The van der Waals surface area contributed by atoms with Gasteiger partial charge in [0.05, 0.1) is 5.69 Å². The maximum atomic E-state index is 5.52. The van der Waals surface area contributed by atoms with Gasteiger partial charge in [0, 0.05) is 10.9 Å². The van der Waals surface area contributed by atoms with Crippen molar-refractivity contribution in [2.45, 2.75) is 6.92 Å². The van der Waals surface area contributed by atoms with Crippen molar-refractivity contribution >= 4 is 11.1 Å². The molecule has 0 fully saturated rings. The highest BCUT2D eigenvalue weighted by atomic mass is 16.3. The molecule has 78 valence electrons. The van der Waals surface area contributed by atoms with Gasteiger partial charge in [0.15, 0.2) is 0 Å². The topological polar surface area (TPSA) is 26.0 Å². The normalized spacial score (nSPS) is 10.8. The van der Waals surface area contributed by atoms with Crippen molar-refractivity contribution in [1.82, 2.24) is 4.98 Å². The highest BCUT2D eigenvalue weighted by Gasteiger charge is 2.04. The molecular formula is C14H11NO. The molecular weight excluding hydrogens is 198 g/mol. The zero-order chi connectivity index (χ0) is 11.0. The van der Waals surface area contributed by atoms with Gasteiger partial charge in [-0.3, -0.25) is 0 Å². The molecule has 2 aromatic heterocycles. The van der Waals surface area contributed by atoms with Gasteiger partial charge >= 0.3 is 0 Å². The van der Waals surface area contributed by atoms with Gasteiger partial charge in [0.25, 0.3) is 0 Å². The molecule has 0 aliphatic carbocycles. The zero-order valence-corrected chi connectivity index (χ0v) is 8.97. The van der Waals surface area contributed by atoms with E-state index >= 15 is 0 Å². The van der Waals surface area contributed by atoms with E-state index in [2.05, 4.69) is 4.98 Å². The van der Waals surface area contributed by atoms with Crippen LogP contribution in [0.3, 0.4) is 0 Å². The van der Waals surface area contributed by atoms with Crippen molar-refractivity contribution in [3.8, 4) is 11.3 Å². The molecule has 0 spiro atoms. The van der Waals surface area contributed by atoms with Gasteiger partial charge in [-0.2, -0.15) is 0 Å². The minimum atomic E-state index is 0.707. The number of furan rings is 1. The Bertz CT molecular complexity index is 626. The zero-order valence-electron chi connectivity index (χ0n) is 8.97. The molecule has 0 saturated carbocycles. The first-order valence-electron chi connectivity index (χ1n) is 5.25. The average molecular weight is 209 g/mol. The molecule has 16 heavy (non-hydrogen) atoms. The summed E-state index contributed by atoms with van der Waals surface area (Å²) in [4.78, 5) is 4.50. The average Bonchev–Trinajstić information content (AvgIpc) is 2.69. The molecule has 0 saturated heterocycles. The molecule has 0 atom stereocenters. The lowest BCUT2D eigenvalue weighted by molar-refractivity contribution is 0.568. The monoisotopic (exact) mass is 209 g/mol. The van der Waals surface area contributed by atoms with E-state index in [9.17, 15) is 0 Å². The van der Waals surface area contributed by atoms with Crippen molar-refractivity contribution < 1.29 is 4.42 Å². The standard InChI is InChI=1S/C14H11NO/c1-10-9-12-7-8-13(15-14(12)16-10)11-5-3-2-4-6-11/h2-9H,1H3. The molecule has 3 rings (SSSR count). The Morgan fingerprint density at radius 2 is 1.81 bits per heavy atom. The molecule has 1 aromatic carbocycles. The van der Waals surface area contributed by atoms with E-state index in [-0.39, 0.29) is 0 Å². The predicted molar refractivity (Wildman–Crippen MR) is 64.2 cm³/mol. The lowest BCUT2D eigenvalue weighted by Gasteiger charge is -1.99. The first-order chi connectivity index (χ1) is 7.83. The van der Waals surface area contributed by atoms with E-state index < -0.39 is 0 Å². The lowest BCUT2D eigenvalue weighted by atomic mass is 10.1. The van der Waals surface area contributed by atoms with Gasteiger partial charge in [-0.1, -0.05) is 30.3 Å². The van der Waals surface area contributed by atoms with Crippen LogP contribution in [0.15, 0.2) is 52.9 Å². The van der Waals surface area contributed by atoms with Crippen LogP contribution in [0, 0.1) is 6.92 Å². The molecule has 0 radical (unpaired) electrons. The minimum absolute atomic E-state index is 0.707. The van der Waals surface area contributed by atoms with Gasteiger partial charge in [0.2, 0.25) is 5.71 Å². The van der Waals surface area contributed by atoms with E-state index in [1.54, 1.807) is 0 Å². The largest absolute Gasteiger partial charge is 0.443 e. The van der Waals surface area contributed by atoms with Crippen molar-refractivity contribution in [3.05, 3.63) is 54.3 Å². The Morgan fingerprint density at radius 1 is 1.00 bits per heavy atom. The van der Waals surface area contributed by atoms with Gasteiger partial charge in [-0.05, 0) is 25.1 Å². The van der Waals surface area contributed by atoms with Crippen LogP contribution in [0.4, 0.5) is 0 Å². The van der Waals surface area contributed by atoms with Crippen molar-refractivity contribution in [2.24, 2.45) is 0 Å². The summed E-state index contributed by atoms with van der Waals surface area (Å²) in [5.74, 6) is 0.896. The highest BCUT2D eigenvalue weighted by molar-refractivity contribution is 5.77. The van der Waals surface area contributed by atoms with E-state index in [1.165, 1.54) is 0 Å². The maximum absolute atomic E-state index is 5.52. The van der Waals surface area contributed by atoms with E-state index in [0.29, 0.717) is 5.71 Å². The third-order valence-electron chi connectivity index (χ3n) is 2.58. The van der Waals surface area contributed by atoms with Gasteiger partial charge < -0.3 is 4.42 Å². The van der Waals surface area contributed by atoms with Crippen LogP contribution in [-0.4, -0.2) is 4.98 Å². The Labute approximate surface area is 93.5 Å². The smallest absolute Gasteiger partial charge is 0.226 e. The Kier molecular flexibility index (Phi) is 2.00. The molecule has 0 bridgehead atoms. The molecule has 0 aliphatic heterocycles. The fourth-order valence-electron chi connectivity index (χ4n) is 1.81. The molecule has 0 amide bonds. The van der Waals surface area contributed by atoms with E-state index in [0.717, 1.165) is 22.4 Å². The Balaban J connectivity index is 2.18. The van der Waals surface area contributed by atoms with E-state index in [4.69, 9.17) is 4.42 Å². The number of rotatable bonds is 1. The second-order valence-corrected chi connectivity index (χ2v) is 3.81. The fourth-order valence-corrected chi connectivity index (χ4v) is 1.81. The minimum Gasteiger partial charge on any atom is -0.443 e. The van der Waals surface area contributed by atoms with Gasteiger partial charge in [-0.25, -0.2) is 4.98 Å². The van der Waals surface area contributed by atoms with Crippen LogP contribution in [0.2, 0.25) is 0 Å². The number of aromatic nitrogens is 1. The van der Waals surface area contributed by atoms with Crippen LogP contribution in [-0.2, 0) is 0 Å². The van der Waals surface area contributed by atoms with Crippen LogP contribution in [0.25, 0.3) is 22.4 Å². The van der Waals surface area contributed by atoms with Crippen LogP contribution in [0.1, 0.15) is 5.76 Å². The second-order valence-electron chi connectivity index (χ2n) is 3.81. The number of pyridine rings is 1. The third kappa shape index (κ3) is 1.48. The van der Waals surface area contributed by atoms with Gasteiger partial charge in [0.1, 0.15) is 5.76 Å². The van der Waals surface area contributed by atoms with Crippen molar-refractivity contribution in [1.29, 1.82) is 0 Å². The third-order valence-corrected chi connectivity index (χ3v) is 2.58. The number of hydrogen-bond donors (Lipinski definition) is 0. The maximum Gasteiger partial charge on any atom is 0.226 e. The number of benzene rings is 1. The molecule has 2 heterocycles. The molecule has 2 nitrogen and oxygen atoms in total. The van der Waals surface area contributed by atoms with Crippen LogP contribution < -0.4 is 0 Å². The summed E-state index contributed by atoms with van der Waals surface area (Å²) >= 11 is 0. The SMILES string of the molecule is Cc1cc2ccc(-c3ccccc3)nc2o1. The van der Waals surface area contributed by atoms with Crippen LogP contribution >= 0.6 is 0 Å². The van der Waals surface area contributed by atoms with Gasteiger partial charge in [-0.15, -0.1) is 0 Å². The molecule has 0 unspecified atom stereocenters. The summed E-state index contributed by atoms with van der Waals surface area (Å²) in [5, 5.41) is 1.05. The first-order valence-corrected chi connectivity index (χ1v) is 5.25. The quantitative estimate of drug-likeness (QED) is 0.609. The highest BCUT2D eigenvalue weighted by Crippen LogP contribution is 2.22.